The lowest BCUT2D eigenvalue weighted by Gasteiger charge is -2.21. The van der Waals surface area contributed by atoms with E-state index in [4.69, 9.17) is 37.0 Å². The Morgan fingerprint density at radius 1 is 0.274 bits per heavy atom. The van der Waals surface area contributed by atoms with E-state index in [-0.39, 0.29) is 25.7 Å². The molecule has 0 bridgehead atoms. The molecule has 0 heterocycles. The van der Waals surface area contributed by atoms with Crippen molar-refractivity contribution in [2.75, 3.05) is 39.6 Å². The molecule has 0 aliphatic heterocycles. The van der Waals surface area contributed by atoms with E-state index in [2.05, 4.69) is 192 Å². The summed E-state index contributed by atoms with van der Waals surface area (Å²) in [6.07, 6.45) is 93.1. The van der Waals surface area contributed by atoms with Gasteiger partial charge < -0.3 is 33.8 Å². The summed E-state index contributed by atoms with van der Waals surface area (Å²) in [6, 6.07) is 0. The summed E-state index contributed by atoms with van der Waals surface area (Å²) in [5.41, 5.74) is 0. The average molecular weight is 1520 g/mol. The van der Waals surface area contributed by atoms with Crippen LogP contribution < -0.4 is 0 Å². The summed E-state index contributed by atoms with van der Waals surface area (Å²) in [5.74, 6) is -2.36. The van der Waals surface area contributed by atoms with Gasteiger partial charge in [-0.15, -0.1) is 0 Å². The molecule has 5 atom stereocenters. The van der Waals surface area contributed by atoms with Crippen LogP contribution in [0.15, 0.2) is 182 Å². The van der Waals surface area contributed by atoms with Gasteiger partial charge in [0.05, 0.1) is 26.4 Å². The summed E-state index contributed by atoms with van der Waals surface area (Å²) in [7, 11) is -10.0. The second-order valence-electron chi connectivity index (χ2n) is 25.9. The predicted molar refractivity (Wildman–Crippen MR) is 436 cm³/mol. The maximum absolute atomic E-state index is 13.1. The van der Waals surface area contributed by atoms with Crippen LogP contribution in [0.2, 0.25) is 0 Å². The van der Waals surface area contributed by atoms with Gasteiger partial charge >= 0.3 is 39.5 Å². The van der Waals surface area contributed by atoms with E-state index in [9.17, 15) is 43.2 Å². The van der Waals surface area contributed by atoms with Crippen LogP contribution in [0.25, 0.3) is 0 Å². The van der Waals surface area contributed by atoms with Crippen molar-refractivity contribution in [1.82, 2.24) is 0 Å². The maximum atomic E-state index is 13.1. The number of carbonyl (C=O) groups is 4. The highest BCUT2D eigenvalue weighted by molar-refractivity contribution is 7.47. The molecule has 3 N–H and O–H groups in total. The highest BCUT2D eigenvalue weighted by atomic mass is 31.2. The Morgan fingerprint density at radius 2 is 0.528 bits per heavy atom. The van der Waals surface area contributed by atoms with Crippen molar-refractivity contribution in [1.29, 1.82) is 0 Å². The zero-order chi connectivity index (χ0) is 77.4. The number of ether oxygens (including phenoxy) is 4. The highest BCUT2D eigenvalue weighted by Crippen LogP contribution is 2.45. The zero-order valence-electron chi connectivity index (χ0n) is 65.5. The van der Waals surface area contributed by atoms with Crippen molar-refractivity contribution >= 4 is 39.5 Å². The molecular formula is C87H140O17P2. The van der Waals surface area contributed by atoms with Gasteiger partial charge in [0.25, 0.3) is 0 Å². The number of hydrogen-bond donors (Lipinski definition) is 3. The van der Waals surface area contributed by atoms with Crippen molar-refractivity contribution < 1.29 is 80.2 Å². The van der Waals surface area contributed by atoms with E-state index >= 15 is 0 Å². The largest absolute Gasteiger partial charge is 0.472 e. The van der Waals surface area contributed by atoms with Crippen molar-refractivity contribution in [2.45, 2.75) is 303 Å². The van der Waals surface area contributed by atoms with Gasteiger partial charge in [0, 0.05) is 25.7 Å². The minimum Gasteiger partial charge on any atom is -0.462 e. The van der Waals surface area contributed by atoms with E-state index in [1.807, 2.05) is 18.2 Å². The van der Waals surface area contributed by atoms with Crippen LogP contribution in [0.1, 0.15) is 285 Å². The number of carbonyl (C=O) groups excluding carboxylic acids is 4. The Morgan fingerprint density at radius 3 is 0.858 bits per heavy atom. The first kappa shape index (κ1) is 100. The smallest absolute Gasteiger partial charge is 0.462 e. The third-order valence-corrected chi connectivity index (χ3v) is 17.7. The molecule has 0 aliphatic carbocycles. The van der Waals surface area contributed by atoms with Crippen LogP contribution in [-0.4, -0.2) is 96.7 Å². The van der Waals surface area contributed by atoms with Crippen LogP contribution >= 0.6 is 15.6 Å². The van der Waals surface area contributed by atoms with Gasteiger partial charge in [-0.1, -0.05) is 274 Å². The maximum Gasteiger partial charge on any atom is 0.472 e. The lowest BCUT2D eigenvalue weighted by molar-refractivity contribution is -0.161. The molecule has 0 amide bonds. The number of esters is 4. The van der Waals surface area contributed by atoms with Gasteiger partial charge in [-0.05, 0) is 167 Å². The highest BCUT2D eigenvalue weighted by Gasteiger charge is 2.30. The lowest BCUT2D eigenvalue weighted by Crippen LogP contribution is -2.30. The van der Waals surface area contributed by atoms with Crippen molar-refractivity contribution in [2.24, 2.45) is 0 Å². The van der Waals surface area contributed by atoms with E-state index in [1.165, 1.54) is 19.3 Å². The summed E-state index contributed by atoms with van der Waals surface area (Å²) < 4.78 is 68.5. The number of aliphatic hydroxyl groups is 1. The van der Waals surface area contributed by atoms with Gasteiger partial charge in [-0.3, -0.25) is 37.3 Å². The van der Waals surface area contributed by atoms with Gasteiger partial charge in [0.1, 0.15) is 19.3 Å². The zero-order valence-corrected chi connectivity index (χ0v) is 67.3. The van der Waals surface area contributed by atoms with Crippen LogP contribution in [0.3, 0.4) is 0 Å². The standard InChI is InChI=1S/C87H140O17P2/c1-5-9-13-17-21-25-29-33-36-38-40-42-45-48-51-55-59-63-67-71-84(89)97-77-82(103-86(91)73-69-65-61-57-53-47-32-28-24-20-16-12-8-4)79-101-105(93,94)99-75-81(88)76-100-106(95,96)102-80-83(104-87(92)74-70-66-62-58-54-50-44-35-31-27-23-19-15-11-7-3)78-98-85(90)72-68-64-60-56-52-49-46-43-41-39-37-34-30-26-22-18-14-10-6-2/h9-10,13-14,16,20-23,25-28,32-37,40-44,48-49,51-52,59,63,81-83,88H,5-8,11-12,15,17-19,24,29-31,38-39,45-47,50,53-58,60-62,64-80H2,1-4H3,(H,93,94)(H,95,96)/b13-9-,14-10-,20-16-,25-21-,26-22-,27-23-,32-28-,36-33-,37-34-,42-40-,43-41-,44-35-,51-48-,52-49-,63-59-. The number of phosphoric acid groups is 2. The number of phosphoric ester groups is 2. The molecule has 17 nitrogen and oxygen atoms in total. The molecule has 0 aromatic carbocycles. The second-order valence-corrected chi connectivity index (χ2v) is 28.8. The fourth-order valence-corrected chi connectivity index (χ4v) is 11.4. The van der Waals surface area contributed by atoms with Gasteiger partial charge in [-0.25, -0.2) is 9.13 Å². The predicted octanol–water partition coefficient (Wildman–Crippen LogP) is 23.6. The normalized spacial score (nSPS) is 14.8. The Balaban J connectivity index is 5.48. The quantitative estimate of drug-likeness (QED) is 0.0169. The van der Waals surface area contributed by atoms with Gasteiger partial charge in [0.15, 0.2) is 12.2 Å². The SMILES string of the molecule is CC/C=C\C/C=C\C/C=C\C/C=C\C/C=C\C/C=C\CCC(=O)OCC(COP(=O)(O)OCC(O)COP(=O)(O)OCC(COC(=O)CCCCC/C=C\C/C=C\C/C=C\C/C=C\C/C=C\CC)OC(=O)CCCCCCC/C=C\C/C=C\CCCCC)OC(=O)CCCCCCC/C=C\C/C=C\CCC. The average Bonchev–Trinajstić information content (AvgIpc) is 0.901. The number of unbranched alkanes of at least 4 members (excludes halogenated alkanes) is 17. The van der Waals surface area contributed by atoms with E-state index in [0.717, 1.165) is 180 Å². The molecule has 0 saturated heterocycles. The van der Waals surface area contributed by atoms with Crippen molar-refractivity contribution in [3.8, 4) is 0 Å². The van der Waals surface area contributed by atoms with E-state index < -0.39 is 97.5 Å². The molecule has 600 valence electrons. The summed E-state index contributed by atoms with van der Waals surface area (Å²) in [4.78, 5) is 73.0. The second kappa shape index (κ2) is 77.3. The van der Waals surface area contributed by atoms with Crippen molar-refractivity contribution in [3.63, 3.8) is 0 Å². The van der Waals surface area contributed by atoms with Crippen molar-refractivity contribution in [3.05, 3.63) is 182 Å². The molecule has 5 unspecified atom stereocenters. The monoisotopic (exact) mass is 1520 g/mol. The van der Waals surface area contributed by atoms with Gasteiger partial charge in [0.2, 0.25) is 0 Å². The molecule has 0 saturated carbocycles. The summed E-state index contributed by atoms with van der Waals surface area (Å²) in [5, 5.41) is 10.6. The molecule has 0 rings (SSSR count). The molecular weight excluding hydrogens is 1380 g/mol. The molecule has 0 aliphatic rings. The minimum atomic E-state index is -5.01. The topological polar surface area (TPSA) is 237 Å². The Kier molecular flexibility index (Phi) is 73.1. The number of hydrogen-bond acceptors (Lipinski definition) is 15. The molecule has 19 heteroatoms. The molecule has 106 heavy (non-hydrogen) atoms. The van der Waals surface area contributed by atoms with Crippen LogP contribution in [-0.2, 0) is 65.4 Å². The van der Waals surface area contributed by atoms with Crippen LogP contribution in [0.4, 0.5) is 0 Å². The molecule has 0 aromatic heterocycles. The van der Waals surface area contributed by atoms with E-state index in [0.29, 0.717) is 32.1 Å². The fraction of sp³-hybridized carbons (Fsp3) is 0.609. The Bertz CT molecular complexity index is 2730. The molecule has 0 aromatic rings. The fourth-order valence-electron chi connectivity index (χ4n) is 9.81. The molecule has 0 spiro atoms. The Hall–Kier alpha value is -5.84. The third kappa shape index (κ3) is 76.4. The number of rotatable bonds is 73. The summed E-state index contributed by atoms with van der Waals surface area (Å²) >= 11 is 0. The molecule has 0 radical (unpaired) electrons. The lowest BCUT2D eigenvalue weighted by atomic mass is 10.1. The number of aliphatic hydroxyl groups excluding tert-OH is 1. The minimum absolute atomic E-state index is 0.0260. The Labute approximate surface area is 641 Å². The van der Waals surface area contributed by atoms with Crippen LogP contribution in [0.5, 0.6) is 0 Å². The van der Waals surface area contributed by atoms with E-state index in [1.54, 1.807) is 0 Å². The first-order valence-corrected chi connectivity index (χ1v) is 43.0. The van der Waals surface area contributed by atoms with Gasteiger partial charge in [-0.2, -0.15) is 0 Å². The molecule has 0 fully saturated rings. The van der Waals surface area contributed by atoms with Crippen LogP contribution in [0, 0.1) is 0 Å². The first-order valence-electron chi connectivity index (χ1n) is 40.0. The first-order chi connectivity index (χ1) is 51.7. The third-order valence-electron chi connectivity index (χ3n) is 15.8. The number of allylic oxidation sites excluding steroid dienone is 30. The summed E-state index contributed by atoms with van der Waals surface area (Å²) in [6.45, 7) is 4.38.